The van der Waals surface area contributed by atoms with Crippen LogP contribution < -0.4 is 10.5 Å². The van der Waals surface area contributed by atoms with Crippen molar-refractivity contribution in [2.45, 2.75) is 11.8 Å². The van der Waals surface area contributed by atoms with Gasteiger partial charge in [-0.2, -0.15) is 0 Å². The molecule has 0 amide bonds. The van der Waals surface area contributed by atoms with E-state index in [-0.39, 0.29) is 11.3 Å². The highest BCUT2D eigenvalue weighted by Gasteiger charge is 2.22. The topological polar surface area (TPSA) is 72.2 Å². The van der Waals surface area contributed by atoms with E-state index in [1.807, 2.05) is 22.6 Å². The molecule has 3 N–H and O–H groups in total. The second kappa shape index (κ2) is 5.98. The number of nitrogens with one attached hydrogen (secondary N) is 1. The monoisotopic (exact) mass is 440 g/mol. The van der Waals surface area contributed by atoms with Gasteiger partial charge in [-0.25, -0.2) is 12.8 Å². The van der Waals surface area contributed by atoms with Crippen LogP contribution in [0.15, 0.2) is 35.2 Å². The SMILES string of the molecule is Cc1cc(N)cc(S(=O)(=O)Nc2ccc(Cl)cc2I)c1F. The number of anilines is 2. The zero-order valence-corrected chi connectivity index (χ0v) is 14.6. The van der Waals surface area contributed by atoms with Gasteiger partial charge < -0.3 is 5.73 Å². The Labute approximate surface area is 140 Å². The zero-order valence-electron chi connectivity index (χ0n) is 10.8. The first-order valence-electron chi connectivity index (χ1n) is 5.74. The first-order chi connectivity index (χ1) is 9.70. The standard InChI is InChI=1S/C13H11ClFIN2O2S/c1-7-4-9(17)6-12(13(7)15)21(19,20)18-11-3-2-8(14)5-10(11)16/h2-6,18H,17H2,1H3. The van der Waals surface area contributed by atoms with Crippen LogP contribution in [0.3, 0.4) is 0 Å². The molecule has 112 valence electrons. The maximum Gasteiger partial charge on any atom is 0.264 e. The highest BCUT2D eigenvalue weighted by molar-refractivity contribution is 14.1. The van der Waals surface area contributed by atoms with Crippen molar-refractivity contribution >= 4 is 55.6 Å². The van der Waals surface area contributed by atoms with Crippen LogP contribution in [0.25, 0.3) is 0 Å². The summed E-state index contributed by atoms with van der Waals surface area (Å²) in [6.45, 7) is 1.46. The van der Waals surface area contributed by atoms with E-state index >= 15 is 0 Å². The number of halogens is 3. The number of hydrogen-bond donors (Lipinski definition) is 2. The lowest BCUT2D eigenvalue weighted by atomic mass is 10.2. The maximum absolute atomic E-state index is 14.0. The molecule has 0 spiro atoms. The Morgan fingerprint density at radius 2 is 1.95 bits per heavy atom. The Bertz CT molecular complexity index is 812. The van der Waals surface area contributed by atoms with Crippen LogP contribution in [-0.2, 0) is 10.0 Å². The van der Waals surface area contributed by atoms with E-state index in [2.05, 4.69) is 4.72 Å². The second-order valence-electron chi connectivity index (χ2n) is 4.38. The number of nitrogen functional groups attached to an aromatic ring is 1. The second-order valence-corrected chi connectivity index (χ2v) is 7.63. The minimum Gasteiger partial charge on any atom is -0.399 e. The summed E-state index contributed by atoms with van der Waals surface area (Å²) in [5, 5.41) is 0.480. The molecule has 0 saturated heterocycles. The van der Waals surface area contributed by atoms with E-state index in [0.29, 0.717) is 14.3 Å². The molecule has 0 atom stereocenters. The summed E-state index contributed by atoms with van der Waals surface area (Å²) in [6, 6.07) is 7.12. The first kappa shape index (κ1) is 16.3. The Balaban J connectivity index is 2.48. The maximum atomic E-state index is 14.0. The van der Waals surface area contributed by atoms with Gasteiger partial charge in [-0.3, -0.25) is 4.72 Å². The van der Waals surface area contributed by atoms with E-state index in [9.17, 15) is 12.8 Å². The fourth-order valence-corrected chi connectivity index (χ4v) is 4.19. The fourth-order valence-electron chi connectivity index (χ4n) is 1.73. The van der Waals surface area contributed by atoms with Crippen molar-refractivity contribution in [3.05, 3.63) is 50.3 Å². The highest BCUT2D eigenvalue weighted by Crippen LogP contribution is 2.27. The minimum absolute atomic E-state index is 0.168. The van der Waals surface area contributed by atoms with Gasteiger partial charge in [0.2, 0.25) is 0 Å². The van der Waals surface area contributed by atoms with E-state index in [1.165, 1.54) is 19.1 Å². The molecule has 0 fully saturated rings. The Hall–Kier alpha value is -1.06. The van der Waals surface area contributed by atoms with Crippen LogP contribution in [0.2, 0.25) is 5.02 Å². The molecule has 2 rings (SSSR count). The molecule has 0 unspecified atom stereocenters. The van der Waals surface area contributed by atoms with Gasteiger partial charge in [0.05, 0.1) is 5.69 Å². The van der Waals surface area contributed by atoms with Crippen molar-refractivity contribution in [2.24, 2.45) is 0 Å². The lowest BCUT2D eigenvalue weighted by Gasteiger charge is -2.12. The first-order valence-corrected chi connectivity index (χ1v) is 8.68. The Morgan fingerprint density at radius 3 is 2.57 bits per heavy atom. The molecule has 8 heteroatoms. The van der Waals surface area contributed by atoms with Crippen molar-refractivity contribution in [3.8, 4) is 0 Å². The number of aryl methyl sites for hydroxylation is 1. The number of rotatable bonds is 3. The average molecular weight is 441 g/mol. The molecule has 0 radical (unpaired) electrons. The van der Waals surface area contributed by atoms with E-state index in [4.69, 9.17) is 17.3 Å². The lowest BCUT2D eigenvalue weighted by Crippen LogP contribution is -2.16. The molecular weight excluding hydrogens is 430 g/mol. The summed E-state index contributed by atoms with van der Waals surface area (Å²) in [6.07, 6.45) is 0. The van der Waals surface area contributed by atoms with Crippen molar-refractivity contribution in [3.63, 3.8) is 0 Å². The molecular formula is C13H11ClFIN2O2S. The van der Waals surface area contributed by atoms with Crippen molar-refractivity contribution in [1.29, 1.82) is 0 Å². The molecule has 0 heterocycles. The van der Waals surface area contributed by atoms with Crippen LogP contribution in [0.4, 0.5) is 15.8 Å². The third-order valence-electron chi connectivity index (χ3n) is 2.71. The Morgan fingerprint density at radius 1 is 1.29 bits per heavy atom. The molecule has 4 nitrogen and oxygen atoms in total. The Kier molecular flexibility index (Phi) is 4.64. The number of hydrogen-bond acceptors (Lipinski definition) is 3. The van der Waals surface area contributed by atoms with Crippen LogP contribution in [0, 0.1) is 16.3 Å². The van der Waals surface area contributed by atoms with Crippen molar-refractivity contribution in [2.75, 3.05) is 10.5 Å². The zero-order chi connectivity index (χ0) is 15.8. The van der Waals surface area contributed by atoms with Gasteiger partial charge in [0, 0.05) is 14.3 Å². The van der Waals surface area contributed by atoms with Gasteiger partial charge in [-0.1, -0.05) is 11.6 Å². The molecule has 0 bridgehead atoms. The van der Waals surface area contributed by atoms with E-state index in [1.54, 1.807) is 12.1 Å². The van der Waals surface area contributed by atoms with Gasteiger partial charge in [-0.15, -0.1) is 0 Å². The largest absolute Gasteiger partial charge is 0.399 e. The summed E-state index contributed by atoms with van der Waals surface area (Å²) in [7, 11) is -4.08. The van der Waals surface area contributed by atoms with Gasteiger partial charge in [0.25, 0.3) is 10.0 Å². The number of nitrogens with two attached hydrogens (primary N) is 1. The quantitative estimate of drug-likeness (QED) is 0.564. The van der Waals surface area contributed by atoms with E-state index < -0.39 is 20.7 Å². The normalized spacial score (nSPS) is 11.4. The van der Waals surface area contributed by atoms with Crippen LogP contribution in [-0.4, -0.2) is 8.42 Å². The summed E-state index contributed by atoms with van der Waals surface area (Å²) >= 11 is 7.75. The highest BCUT2D eigenvalue weighted by atomic mass is 127. The van der Waals surface area contributed by atoms with Crippen LogP contribution >= 0.6 is 34.2 Å². The molecule has 0 aromatic heterocycles. The third kappa shape index (κ3) is 3.58. The summed E-state index contributed by atoms with van der Waals surface area (Å²) < 4.78 is 41.6. The predicted molar refractivity (Wildman–Crippen MR) is 90.5 cm³/mol. The third-order valence-corrected chi connectivity index (χ3v) is 5.20. The molecule has 0 saturated carbocycles. The average Bonchev–Trinajstić information content (AvgIpc) is 2.37. The van der Waals surface area contributed by atoms with Gasteiger partial charge in [-0.05, 0) is 65.4 Å². The summed E-state index contributed by atoms with van der Waals surface area (Å²) in [5.41, 5.74) is 6.26. The smallest absolute Gasteiger partial charge is 0.264 e. The predicted octanol–water partition coefficient (Wildman–Crippen LogP) is 3.78. The molecule has 2 aromatic rings. The lowest BCUT2D eigenvalue weighted by molar-refractivity contribution is 0.565. The molecule has 21 heavy (non-hydrogen) atoms. The minimum atomic E-state index is -4.08. The fraction of sp³-hybridized carbons (Fsp3) is 0.0769. The number of sulfonamides is 1. The molecule has 0 aliphatic heterocycles. The van der Waals surface area contributed by atoms with E-state index in [0.717, 1.165) is 6.07 Å². The van der Waals surface area contributed by atoms with Crippen LogP contribution in [0.1, 0.15) is 5.56 Å². The summed E-state index contributed by atoms with van der Waals surface area (Å²) in [4.78, 5) is -0.481. The van der Waals surface area contributed by atoms with Crippen molar-refractivity contribution in [1.82, 2.24) is 0 Å². The summed E-state index contributed by atoms with van der Waals surface area (Å²) in [5.74, 6) is -0.819. The molecule has 0 aliphatic rings. The van der Waals surface area contributed by atoms with Gasteiger partial charge in [0.15, 0.2) is 0 Å². The van der Waals surface area contributed by atoms with Crippen molar-refractivity contribution < 1.29 is 12.8 Å². The van der Waals surface area contributed by atoms with Gasteiger partial charge in [0.1, 0.15) is 10.7 Å². The molecule has 2 aromatic carbocycles. The van der Waals surface area contributed by atoms with Crippen LogP contribution in [0.5, 0.6) is 0 Å². The molecule has 0 aliphatic carbocycles. The number of benzene rings is 2. The van der Waals surface area contributed by atoms with Gasteiger partial charge >= 0.3 is 0 Å².